The van der Waals surface area contributed by atoms with E-state index in [1.54, 1.807) is 20.0 Å². The zero-order valence-electron chi connectivity index (χ0n) is 10.4. The predicted octanol–water partition coefficient (Wildman–Crippen LogP) is 2.63. The maximum atomic E-state index is 11.7. The van der Waals surface area contributed by atoms with Crippen LogP contribution in [0.4, 0.5) is 0 Å². The summed E-state index contributed by atoms with van der Waals surface area (Å²) in [5, 5.41) is 0. The number of hydrogen-bond acceptors (Lipinski definition) is 4. The number of rotatable bonds is 3. The van der Waals surface area contributed by atoms with E-state index >= 15 is 0 Å². The van der Waals surface area contributed by atoms with Gasteiger partial charge in [0.05, 0.1) is 24.2 Å². The maximum Gasteiger partial charge on any atom is 0.358 e. The van der Waals surface area contributed by atoms with E-state index in [4.69, 9.17) is 4.74 Å². The molecule has 0 spiro atoms. The normalized spacial score (nSPS) is 10.1. The van der Waals surface area contributed by atoms with E-state index in [-0.39, 0.29) is 5.69 Å². The number of carbonyl (C=O) groups excluding carboxylic acids is 1. The Morgan fingerprint density at radius 2 is 2.00 bits per heavy atom. The van der Waals surface area contributed by atoms with Crippen molar-refractivity contribution >= 4 is 5.97 Å². The van der Waals surface area contributed by atoms with Gasteiger partial charge in [0, 0.05) is 5.56 Å². The molecule has 0 fully saturated rings. The Balaban J connectivity index is 2.41. The second-order valence-corrected chi connectivity index (χ2v) is 3.78. The van der Waals surface area contributed by atoms with E-state index < -0.39 is 5.97 Å². The van der Waals surface area contributed by atoms with Crippen molar-refractivity contribution in [1.29, 1.82) is 0 Å². The Kier molecular flexibility index (Phi) is 3.67. The fraction of sp³-hybridized carbons (Fsp3) is 0.214. The largest absolute Gasteiger partial charge is 0.461 e. The summed E-state index contributed by atoms with van der Waals surface area (Å²) in [6.45, 7) is 3.84. The lowest BCUT2D eigenvalue weighted by Crippen LogP contribution is -2.11. The van der Waals surface area contributed by atoms with E-state index in [1.807, 2.05) is 30.3 Å². The molecular formula is C14H14N2O2. The van der Waals surface area contributed by atoms with E-state index in [0.29, 0.717) is 18.0 Å². The Hall–Kier alpha value is -2.23. The van der Waals surface area contributed by atoms with Crippen LogP contribution in [0.5, 0.6) is 0 Å². The van der Waals surface area contributed by atoms with Crippen molar-refractivity contribution in [3.8, 4) is 11.3 Å². The highest BCUT2D eigenvalue weighted by atomic mass is 16.5. The molecule has 0 amide bonds. The predicted molar refractivity (Wildman–Crippen MR) is 68.2 cm³/mol. The molecule has 0 radical (unpaired) electrons. The first-order valence-electron chi connectivity index (χ1n) is 5.78. The molecule has 0 saturated heterocycles. The molecule has 4 nitrogen and oxygen atoms in total. The summed E-state index contributed by atoms with van der Waals surface area (Å²) in [6.07, 6.45) is 1.66. The van der Waals surface area contributed by atoms with Crippen molar-refractivity contribution in [3.05, 3.63) is 47.9 Å². The minimum absolute atomic E-state index is 0.276. The van der Waals surface area contributed by atoms with Crippen molar-refractivity contribution in [3.63, 3.8) is 0 Å². The van der Waals surface area contributed by atoms with Gasteiger partial charge in [0.2, 0.25) is 0 Å². The summed E-state index contributed by atoms with van der Waals surface area (Å²) in [6, 6.07) is 9.61. The van der Waals surface area contributed by atoms with Crippen LogP contribution in [0, 0.1) is 6.92 Å². The van der Waals surface area contributed by atoms with Gasteiger partial charge in [-0.25, -0.2) is 9.78 Å². The van der Waals surface area contributed by atoms with Gasteiger partial charge in [-0.2, -0.15) is 0 Å². The number of carbonyl (C=O) groups is 1. The molecule has 0 N–H and O–H groups in total. The number of benzene rings is 1. The molecule has 0 aliphatic heterocycles. The Morgan fingerprint density at radius 3 is 2.67 bits per heavy atom. The van der Waals surface area contributed by atoms with Crippen molar-refractivity contribution < 1.29 is 9.53 Å². The smallest absolute Gasteiger partial charge is 0.358 e. The maximum absolute atomic E-state index is 11.7. The zero-order valence-corrected chi connectivity index (χ0v) is 10.4. The topological polar surface area (TPSA) is 52.1 Å². The first-order chi connectivity index (χ1) is 8.72. The fourth-order valence-electron chi connectivity index (χ4n) is 1.59. The molecule has 0 saturated carbocycles. The third-order valence-corrected chi connectivity index (χ3v) is 2.49. The van der Waals surface area contributed by atoms with Gasteiger partial charge in [-0.15, -0.1) is 0 Å². The second kappa shape index (κ2) is 5.40. The quantitative estimate of drug-likeness (QED) is 0.776. The van der Waals surface area contributed by atoms with Crippen LogP contribution in [0.25, 0.3) is 11.3 Å². The van der Waals surface area contributed by atoms with Crippen molar-refractivity contribution in [2.75, 3.05) is 6.61 Å². The van der Waals surface area contributed by atoms with Crippen molar-refractivity contribution in [2.24, 2.45) is 0 Å². The Morgan fingerprint density at radius 1 is 1.28 bits per heavy atom. The first kappa shape index (κ1) is 12.2. The average molecular weight is 242 g/mol. The lowest BCUT2D eigenvalue weighted by Gasteiger charge is -2.06. The molecule has 18 heavy (non-hydrogen) atoms. The molecule has 1 aromatic heterocycles. The summed E-state index contributed by atoms with van der Waals surface area (Å²) in [5.74, 6) is -0.430. The summed E-state index contributed by atoms with van der Waals surface area (Å²) >= 11 is 0. The van der Waals surface area contributed by atoms with E-state index in [2.05, 4.69) is 9.97 Å². The van der Waals surface area contributed by atoms with Crippen molar-refractivity contribution in [1.82, 2.24) is 9.97 Å². The Labute approximate surface area is 106 Å². The highest BCUT2D eigenvalue weighted by Gasteiger charge is 2.14. The lowest BCUT2D eigenvalue weighted by atomic mass is 10.1. The standard InChI is InChI=1S/C14H14N2O2/c1-3-18-14(17)13-10(2)15-9-12(16-13)11-7-5-4-6-8-11/h4-9H,3H2,1-2H3. The number of aromatic nitrogens is 2. The highest BCUT2D eigenvalue weighted by Crippen LogP contribution is 2.17. The molecule has 1 heterocycles. The van der Waals surface area contributed by atoms with Gasteiger partial charge >= 0.3 is 5.97 Å². The summed E-state index contributed by atoms with van der Waals surface area (Å²) < 4.78 is 4.96. The number of ether oxygens (including phenoxy) is 1. The molecule has 4 heteroatoms. The van der Waals surface area contributed by atoms with Crippen LogP contribution in [-0.4, -0.2) is 22.5 Å². The molecule has 92 valence electrons. The molecule has 0 unspecified atom stereocenters. The molecule has 0 atom stereocenters. The Bertz CT molecular complexity index is 553. The number of nitrogens with zero attached hydrogens (tertiary/aromatic N) is 2. The van der Waals surface area contributed by atoms with Gasteiger partial charge in [0.25, 0.3) is 0 Å². The number of hydrogen-bond donors (Lipinski definition) is 0. The van der Waals surface area contributed by atoms with E-state index in [1.165, 1.54) is 0 Å². The third kappa shape index (κ3) is 2.53. The molecular weight excluding hydrogens is 228 g/mol. The monoisotopic (exact) mass is 242 g/mol. The van der Waals surface area contributed by atoms with E-state index in [9.17, 15) is 4.79 Å². The minimum Gasteiger partial charge on any atom is -0.461 e. The summed E-state index contributed by atoms with van der Waals surface area (Å²) in [4.78, 5) is 20.2. The summed E-state index contributed by atoms with van der Waals surface area (Å²) in [5.41, 5.74) is 2.45. The van der Waals surface area contributed by atoms with Gasteiger partial charge in [-0.1, -0.05) is 30.3 Å². The van der Waals surface area contributed by atoms with Gasteiger partial charge in [-0.3, -0.25) is 4.98 Å². The minimum atomic E-state index is -0.430. The van der Waals surface area contributed by atoms with Crippen molar-refractivity contribution in [2.45, 2.75) is 13.8 Å². The molecule has 2 rings (SSSR count). The zero-order chi connectivity index (χ0) is 13.0. The summed E-state index contributed by atoms with van der Waals surface area (Å²) in [7, 11) is 0. The van der Waals surface area contributed by atoms with Crippen LogP contribution < -0.4 is 0 Å². The van der Waals surface area contributed by atoms with Crippen LogP contribution in [-0.2, 0) is 4.74 Å². The van der Waals surface area contributed by atoms with Crippen LogP contribution in [0.3, 0.4) is 0 Å². The third-order valence-electron chi connectivity index (χ3n) is 2.49. The van der Waals surface area contributed by atoms with Gasteiger partial charge in [0.1, 0.15) is 0 Å². The molecule has 0 bridgehead atoms. The molecule has 0 aliphatic rings. The van der Waals surface area contributed by atoms with Gasteiger partial charge < -0.3 is 4.74 Å². The number of esters is 1. The van der Waals surface area contributed by atoms with Gasteiger partial charge in [-0.05, 0) is 13.8 Å². The molecule has 0 aliphatic carbocycles. The van der Waals surface area contributed by atoms with Crippen LogP contribution in [0.1, 0.15) is 23.1 Å². The van der Waals surface area contributed by atoms with Crippen LogP contribution in [0.2, 0.25) is 0 Å². The van der Waals surface area contributed by atoms with Crippen LogP contribution in [0.15, 0.2) is 36.5 Å². The van der Waals surface area contributed by atoms with Crippen LogP contribution >= 0.6 is 0 Å². The fourth-order valence-corrected chi connectivity index (χ4v) is 1.59. The highest BCUT2D eigenvalue weighted by molar-refractivity contribution is 5.88. The average Bonchev–Trinajstić information content (AvgIpc) is 2.40. The molecule has 2 aromatic rings. The lowest BCUT2D eigenvalue weighted by molar-refractivity contribution is 0.0518. The van der Waals surface area contributed by atoms with E-state index in [0.717, 1.165) is 5.56 Å². The SMILES string of the molecule is CCOC(=O)c1nc(-c2ccccc2)cnc1C. The second-order valence-electron chi connectivity index (χ2n) is 3.78. The molecule has 1 aromatic carbocycles. The number of aryl methyl sites for hydroxylation is 1. The van der Waals surface area contributed by atoms with Gasteiger partial charge in [0.15, 0.2) is 5.69 Å². The first-order valence-corrected chi connectivity index (χ1v) is 5.78.